The van der Waals surface area contributed by atoms with E-state index in [1.807, 2.05) is 6.07 Å². The minimum Gasteiger partial charge on any atom is -0.351 e. The highest BCUT2D eigenvalue weighted by Gasteiger charge is 2.10. The standard InChI is InChI=1S/C16H19N3O3/c1-2-3-4-5-9-18-16(20)14(12-17)10-13-7-6-8-15(11-13)19(21)22/h6-8,10-11H,2-5,9H2,1H3,(H,18,20)/b14-10+. The molecule has 0 heterocycles. The maximum atomic E-state index is 11.9. The Bertz CT molecular complexity index is 603. The second kappa shape index (κ2) is 9.29. The van der Waals surface area contributed by atoms with Crippen molar-refractivity contribution in [1.82, 2.24) is 5.32 Å². The highest BCUT2D eigenvalue weighted by atomic mass is 16.6. The van der Waals surface area contributed by atoms with Crippen LogP contribution in [0.3, 0.4) is 0 Å². The molecule has 1 N–H and O–H groups in total. The fourth-order valence-corrected chi connectivity index (χ4v) is 1.89. The largest absolute Gasteiger partial charge is 0.351 e. The van der Waals surface area contributed by atoms with E-state index in [2.05, 4.69) is 12.2 Å². The van der Waals surface area contributed by atoms with Crippen LogP contribution < -0.4 is 5.32 Å². The molecule has 1 amide bonds. The third-order valence-electron chi connectivity index (χ3n) is 3.07. The molecule has 6 heteroatoms. The second-order valence-corrected chi connectivity index (χ2v) is 4.84. The molecule has 0 aliphatic rings. The van der Waals surface area contributed by atoms with Gasteiger partial charge in [0.1, 0.15) is 11.6 Å². The van der Waals surface area contributed by atoms with Gasteiger partial charge in [-0.05, 0) is 18.1 Å². The first-order valence-corrected chi connectivity index (χ1v) is 7.23. The van der Waals surface area contributed by atoms with Crippen molar-refractivity contribution in [3.8, 4) is 6.07 Å². The van der Waals surface area contributed by atoms with Crippen molar-refractivity contribution >= 4 is 17.7 Å². The van der Waals surface area contributed by atoms with Crippen LogP contribution in [0.4, 0.5) is 5.69 Å². The van der Waals surface area contributed by atoms with Crippen LogP contribution in [-0.4, -0.2) is 17.4 Å². The molecule has 0 atom stereocenters. The Morgan fingerprint density at radius 3 is 2.82 bits per heavy atom. The first-order valence-electron chi connectivity index (χ1n) is 7.23. The van der Waals surface area contributed by atoms with E-state index in [4.69, 9.17) is 5.26 Å². The molecule has 0 spiro atoms. The molecule has 116 valence electrons. The lowest BCUT2D eigenvalue weighted by atomic mass is 10.1. The molecule has 1 aromatic carbocycles. The van der Waals surface area contributed by atoms with Crippen molar-refractivity contribution in [3.05, 3.63) is 45.5 Å². The lowest BCUT2D eigenvalue weighted by molar-refractivity contribution is -0.384. The summed E-state index contributed by atoms with van der Waals surface area (Å²) in [6.07, 6.45) is 5.49. The number of nitrogens with zero attached hydrogens (tertiary/aromatic N) is 2. The number of hydrogen-bond donors (Lipinski definition) is 1. The fraction of sp³-hybridized carbons (Fsp3) is 0.375. The molecular formula is C16H19N3O3. The van der Waals surface area contributed by atoms with E-state index >= 15 is 0 Å². The Balaban J connectivity index is 2.70. The highest BCUT2D eigenvalue weighted by molar-refractivity contribution is 6.01. The van der Waals surface area contributed by atoms with Crippen molar-refractivity contribution in [1.29, 1.82) is 5.26 Å². The summed E-state index contributed by atoms with van der Waals surface area (Å²) in [6.45, 7) is 2.63. The number of amides is 1. The van der Waals surface area contributed by atoms with E-state index in [1.165, 1.54) is 24.3 Å². The summed E-state index contributed by atoms with van der Waals surface area (Å²) >= 11 is 0. The van der Waals surface area contributed by atoms with Crippen LogP contribution in [0.1, 0.15) is 38.2 Å². The zero-order valence-corrected chi connectivity index (χ0v) is 12.5. The van der Waals surface area contributed by atoms with Gasteiger partial charge in [-0.3, -0.25) is 14.9 Å². The number of carbonyl (C=O) groups is 1. The monoisotopic (exact) mass is 301 g/mol. The Kier molecular flexibility index (Phi) is 7.34. The van der Waals surface area contributed by atoms with E-state index < -0.39 is 10.8 Å². The van der Waals surface area contributed by atoms with E-state index in [-0.39, 0.29) is 11.3 Å². The average molecular weight is 301 g/mol. The molecule has 0 fully saturated rings. The zero-order chi connectivity index (χ0) is 16.4. The van der Waals surface area contributed by atoms with Crippen LogP contribution in [0.25, 0.3) is 6.08 Å². The van der Waals surface area contributed by atoms with E-state index in [9.17, 15) is 14.9 Å². The first kappa shape index (κ1) is 17.4. The lowest BCUT2D eigenvalue weighted by Gasteiger charge is -2.04. The Morgan fingerprint density at radius 2 is 2.18 bits per heavy atom. The summed E-state index contributed by atoms with van der Waals surface area (Å²) in [5.74, 6) is -0.453. The number of benzene rings is 1. The van der Waals surface area contributed by atoms with Crippen LogP contribution in [0.5, 0.6) is 0 Å². The Morgan fingerprint density at radius 1 is 1.41 bits per heavy atom. The normalized spacial score (nSPS) is 10.8. The van der Waals surface area contributed by atoms with Crippen LogP contribution in [-0.2, 0) is 4.79 Å². The van der Waals surface area contributed by atoms with Crippen LogP contribution in [0.2, 0.25) is 0 Å². The molecule has 0 aromatic heterocycles. The van der Waals surface area contributed by atoms with Crippen molar-refractivity contribution in [2.45, 2.75) is 32.6 Å². The fourth-order valence-electron chi connectivity index (χ4n) is 1.89. The molecule has 0 bridgehead atoms. The maximum Gasteiger partial charge on any atom is 0.270 e. The summed E-state index contributed by atoms with van der Waals surface area (Å²) in [4.78, 5) is 22.1. The van der Waals surface area contributed by atoms with Gasteiger partial charge in [0.25, 0.3) is 11.6 Å². The number of nitro groups is 1. The minimum atomic E-state index is -0.517. The quantitative estimate of drug-likeness (QED) is 0.262. The molecule has 0 aliphatic carbocycles. The summed E-state index contributed by atoms with van der Waals surface area (Å²) in [6, 6.07) is 7.64. The third kappa shape index (κ3) is 5.75. The first-order chi connectivity index (χ1) is 10.6. The molecule has 1 aromatic rings. The third-order valence-corrected chi connectivity index (χ3v) is 3.07. The predicted octanol–water partition coefficient (Wildman–Crippen LogP) is 3.20. The summed E-state index contributed by atoms with van der Waals surface area (Å²) in [5, 5.41) is 22.5. The topological polar surface area (TPSA) is 96.0 Å². The number of rotatable bonds is 8. The van der Waals surface area contributed by atoms with Crippen molar-refractivity contribution in [2.24, 2.45) is 0 Å². The number of carbonyl (C=O) groups excluding carboxylic acids is 1. The molecule has 6 nitrogen and oxygen atoms in total. The molecule has 22 heavy (non-hydrogen) atoms. The second-order valence-electron chi connectivity index (χ2n) is 4.84. The van der Waals surface area contributed by atoms with Gasteiger partial charge in [-0.15, -0.1) is 0 Å². The van der Waals surface area contributed by atoms with Gasteiger partial charge >= 0.3 is 0 Å². The number of unbranched alkanes of at least 4 members (excludes halogenated alkanes) is 3. The Labute approximate surface area is 129 Å². The Hall–Kier alpha value is -2.68. The summed E-state index contributed by atoms with van der Waals surface area (Å²) < 4.78 is 0. The molecule has 1 rings (SSSR count). The van der Waals surface area contributed by atoms with Crippen molar-refractivity contribution in [2.75, 3.05) is 6.54 Å². The SMILES string of the molecule is CCCCCCNC(=O)/C(C#N)=C/c1cccc([N+](=O)[O-])c1. The van der Waals surface area contributed by atoms with Gasteiger partial charge < -0.3 is 5.32 Å². The van der Waals surface area contributed by atoms with Crippen LogP contribution >= 0.6 is 0 Å². The van der Waals surface area contributed by atoms with Gasteiger partial charge in [0.2, 0.25) is 0 Å². The lowest BCUT2D eigenvalue weighted by Crippen LogP contribution is -2.25. The van der Waals surface area contributed by atoms with Gasteiger partial charge in [0, 0.05) is 18.7 Å². The average Bonchev–Trinajstić information content (AvgIpc) is 2.52. The van der Waals surface area contributed by atoms with Gasteiger partial charge in [-0.2, -0.15) is 5.26 Å². The van der Waals surface area contributed by atoms with E-state index in [1.54, 1.807) is 6.07 Å². The molecular weight excluding hydrogens is 282 g/mol. The molecule has 0 unspecified atom stereocenters. The number of non-ortho nitro benzene ring substituents is 1. The van der Waals surface area contributed by atoms with E-state index in [0.717, 1.165) is 25.7 Å². The van der Waals surface area contributed by atoms with Crippen molar-refractivity contribution in [3.63, 3.8) is 0 Å². The molecule has 0 saturated carbocycles. The molecule has 0 saturated heterocycles. The minimum absolute atomic E-state index is 0.0593. The number of nitro benzene ring substituents is 1. The summed E-state index contributed by atoms with van der Waals surface area (Å²) in [5.41, 5.74) is 0.314. The summed E-state index contributed by atoms with van der Waals surface area (Å²) in [7, 11) is 0. The van der Waals surface area contributed by atoms with Crippen molar-refractivity contribution < 1.29 is 9.72 Å². The van der Waals surface area contributed by atoms with Crippen LogP contribution in [0, 0.1) is 21.4 Å². The van der Waals surface area contributed by atoms with Crippen LogP contribution in [0.15, 0.2) is 29.8 Å². The zero-order valence-electron chi connectivity index (χ0n) is 12.5. The molecule has 0 radical (unpaired) electrons. The number of hydrogen-bond acceptors (Lipinski definition) is 4. The smallest absolute Gasteiger partial charge is 0.270 e. The predicted molar refractivity (Wildman–Crippen MR) is 83.8 cm³/mol. The van der Waals surface area contributed by atoms with Gasteiger partial charge in [0.05, 0.1) is 4.92 Å². The molecule has 0 aliphatic heterocycles. The van der Waals surface area contributed by atoms with Gasteiger partial charge in [0.15, 0.2) is 0 Å². The van der Waals surface area contributed by atoms with Gasteiger partial charge in [-0.1, -0.05) is 38.3 Å². The van der Waals surface area contributed by atoms with Gasteiger partial charge in [-0.25, -0.2) is 0 Å². The highest BCUT2D eigenvalue weighted by Crippen LogP contribution is 2.15. The maximum absolute atomic E-state index is 11.9. The number of nitrogens with one attached hydrogen (secondary N) is 1. The van der Waals surface area contributed by atoms with E-state index in [0.29, 0.717) is 12.1 Å². The number of nitriles is 1.